The highest BCUT2D eigenvalue weighted by Gasteiger charge is 2.39. The van der Waals surface area contributed by atoms with Crippen LogP contribution in [-0.4, -0.2) is 12.2 Å². The van der Waals surface area contributed by atoms with Gasteiger partial charge in [0.15, 0.2) is 0 Å². The van der Waals surface area contributed by atoms with Crippen LogP contribution in [0, 0.1) is 0 Å². The summed E-state index contributed by atoms with van der Waals surface area (Å²) in [5.41, 5.74) is 0.663. The largest absolute Gasteiger partial charge is 0.405 e. The number of alkyl halides is 3. The molecule has 1 nitrogen and oxygen atoms in total. The van der Waals surface area contributed by atoms with Gasteiger partial charge < -0.3 is 0 Å². The maximum Gasteiger partial charge on any atom is 0.405 e. The predicted molar refractivity (Wildman–Crippen MR) is 75.4 cm³/mol. The molecule has 20 heavy (non-hydrogen) atoms. The first-order valence-electron chi connectivity index (χ1n) is 6.14. The zero-order valence-electron chi connectivity index (χ0n) is 10.6. The summed E-state index contributed by atoms with van der Waals surface area (Å²) in [5.74, 6) is 0. The van der Waals surface area contributed by atoms with Crippen LogP contribution in [0.15, 0.2) is 65.6 Å². The zero-order valence-corrected chi connectivity index (χ0v) is 11.4. The molecule has 0 saturated carbocycles. The molecule has 0 radical (unpaired) electrons. The Kier molecular flexibility index (Phi) is 5.09. The van der Waals surface area contributed by atoms with Crippen LogP contribution < -0.4 is 4.72 Å². The van der Waals surface area contributed by atoms with Gasteiger partial charge in [-0.05, 0) is 36.1 Å². The molecule has 106 valence electrons. The van der Waals surface area contributed by atoms with Gasteiger partial charge in [-0.25, -0.2) is 4.72 Å². The van der Waals surface area contributed by atoms with Crippen LogP contribution in [0.25, 0.3) is 0 Å². The van der Waals surface area contributed by atoms with Gasteiger partial charge >= 0.3 is 6.18 Å². The Hall–Kier alpha value is -1.46. The van der Waals surface area contributed by atoms with Gasteiger partial charge in [0.1, 0.15) is 6.04 Å². The van der Waals surface area contributed by atoms with Gasteiger partial charge in [0.2, 0.25) is 0 Å². The average molecular weight is 297 g/mol. The summed E-state index contributed by atoms with van der Waals surface area (Å²) in [5, 5.41) is 0. The molecule has 0 saturated heterocycles. The quantitative estimate of drug-likeness (QED) is 0.818. The van der Waals surface area contributed by atoms with Gasteiger partial charge in [-0.15, -0.1) is 0 Å². The van der Waals surface area contributed by atoms with Crippen LogP contribution in [0.1, 0.15) is 5.56 Å². The average Bonchev–Trinajstić information content (AvgIpc) is 2.44. The van der Waals surface area contributed by atoms with Crippen LogP contribution in [-0.2, 0) is 6.42 Å². The fourth-order valence-corrected chi connectivity index (χ4v) is 2.49. The van der Waals surface area contributed by atoms with E-state index in [1.165, 1.54) is 0 Å². The van der Waals surface area contributed by atoms with Gasteiger partial charge in [-0.3, -0.25) is 0 Å². The summed E-state index contributed by atoms with van der Waals surface area (Å²) in [6.45, 7) is 0. The van der Waals surface area contributed by atoms with E-state index in [1.807, 2.05) is 6.07 Å². The molecule has 2 rings (SSSR count). The van der Waals surface area contributed by atoms with Crippen LogP contribution in [0.3, 0.4) is 0 Å². The van der Waals surface area contributed by atoms with Crippen molar-refractivity contribution in [2.24, 2.45) is 0 Å². The number of hydrogen-bond acceptors (Lipinski definition) is 2. The van der Waals surface area contributed by atoms with Crippen molar-refractivity contribution in [3.8, 4) is 0 Å². The van der Waals surface area contributed by atoms with Crippen LogP contribution in [0.4, 0.5) is 13.2 Å². The monoisotopic (exact) mass is 297 g/mol. The molecule has 0 spiro atoms. The van der Waals surface area contributed by atoms with E-state index >= 15 is 0 Å². The Morgan fingerprint density at radius 3 is 2.00 bits per heavy atom. The molecular formula is C15H14F3NS. The van der Waals surface area contributed by atoms with Crippen molar-refractivity contribution in [3.63, 3.8) is 0 Å². The summed E-state index contributed by atoms with van der Waals surface area (Å²) in [6.07, 6.45) is -4.36. The molecule has 0 aliphatic heterocycles. The summed E-state index contributed by atoms with van der Waals surface area (Å²) in [4.78, 5) is 0.759. The van der Waals surface area contributed by atoms with Crippen molar-refractivity contribution in [3.05, 3.63) is 66.2 Å². The number of halogens is 3. The van der Waals surface area contributed by atoms with E-state index in [0.29, 0.717) is 5.56 Å². The Balaban J connectivity index is 2.01. The lowest BCUT2D eigenvalue weighted by molar-refractivity contribution is -0.150. The Bertz CT molecular complexity index is 514. The molecule has 0 aromatic heterocycles. The summed E-state index contributed by atoms with van der Waals surface area (Å²) in [7, 11) is 0. The number of hydrogen-bond donors (Lipinski definition) is 1. The highest BCUT2D eigenvalue weighted by Crippen LogP contribution is 2.26. The zero-order chi connectivity index (χ0) is 14.4. The van der Waals surface area contributed by atoms with Crippen molar-refractivity contribution >= 4 is 11.9 Å². The first-order valence-corrected chi connectivity index (χ1v) is 6.95. The van der Waals surface area contributed by atoms with Crippen molar-refractivity contribution in [2.75, 3.05) is 0 Å². The lowest BCUT2D eigenvalue weighted by Crippen LogP contribution is -2.40. The van der Waals surface area contributed by atoms with E-state index < -0.39 is 12.2 Å². The first kappa shape index (κ1) is 14.9. The molecule has 0 aliphatic carbocycles. The lowest BCUT2D eigenvalue weighted by Gasteiger charge is -2.21. The van der Waals surface area contributed by atoms with Crippen LogP contribution in [0.2, 0.25) is 0 Å². The lowest BCUT2D eigenvalue weighted by atomic mass is 10.1. The van der Waals surface area contributed by atoms with Gasteiger partial charge in [-0.1, -0.05) is 48.5 Å². The van der Waals surface area contributed by atoms with E-state index in [1.54, 1.807) is 54.6 Å². The molecule has 0 aliphatic rings. The molecule has 2 aromatic carbocycles. The summed E-state index contributed by atoms with van der Waals surface area (Å²) >= 11 is 1.00. The third-order valence-electron chi connectivity index (χ3n) is 2.74. The molecule has 5 heteroatoms. The third kappa shape index (κ3) is 4.58. The minimum atomic E-state index is -4.28. The third-order valence-corrected chi connectivity index (χ3v) is 3.65. The Morgan fingerprint density at radius 2 is 1.45 bits per heavy atom. The van der Waals surface area contributed by atoms with Crippen LogP contribution >= 0.6 is 11.9 Å². The van der Waals surface area contributed by atoms with Crippen molar-refractivity contribution in [1.82, 2.24) is 4.72 Å². The second-order valence-corrected chi connectivity index (χ2v) is 5.23. The summed E-state index contributed by atoms with van der Waals surface area (Å²) in [6, 6.07) is 16.1. The van der Waals surface area contributed by atoms with Crippen molar-refractivity contribution < 1.29 is 13.2 Å². The SMILES string of the molecule is FC(F)(F)C(Cc1ccccc1)NSc1ccccc1. The molecule has 1 N–H and O–H groups in total. The van der Waals surface area contributed by atoms with Crippen molar-refractivity contribution in [1.29, 1.82) is 0 Å². The summed E-state index contributed by atoms with van der Waals surface area (Å²) < 4.78 is 41.6. The molecule has 0 fully saturated rings. The van der Waals surface area contributed by atoms with Gasteiger partial charge in [-0.2, -0.15) is 13.2 Å². The molecule has 0 bridgehead atoms. The highest BCUT2D eigenvalue weighted by molar-refractivity contribution is 7.97. The molecule has 0 heterocycles. The molecular weight excluding hydrogens is 283 g/mol. The standard InChI is InChI=1S/C15H14F3NS/c16-15(17,18)14(11-12-7-3-1-4-8-12)19-20-13-9-5-2-6-10-13/h1-10,14,19H,11H2. The van der Waals surface area contributed by atoms with Crippen molar-refractivity contribution in [2.45, 2.75) is 23.5 Å². The number of rotatable bonds is 5. The van der Waals surface area contributed by atoms with E-state index in [0.717, 1.165) is 16.8 Å². The Labute approximate surface area is 120 Å². The Morgan fingerprint density at radius 1 is 0.900 bits per heavy atom. The minimum absolute atomic E-state index is 0.0792. The smallest absolute Gasteiger partial charge is 0.248 e. The van der Waals surface area contributed by atoms with E-state index in [-0.39, 0.29) is 6.42 Å². The maximum atomic E-state index is 13.0. The second-order valence-electron chi connectivity index (χ2n) is 4.32. The maximum absolute atomic E-state index is 13.0. The van der Waals surface area contributed by atoms with Gasteiger partial charge in [0.05, 0.1) is 0 Å². The highest BCUT2D eigenvalue weighted by atomic mass is 32.2. The topological polar surface area (TPSA) is 12.0 Å². The molecule has 1 unspecified atom stereocenters. The fourth-order valence-electron chi connectivity index (χ4n) is 1.70. The van der Waals surface area contributed by atoms with Gasteiger partial charge in [0.25, 0.3) is 0 Å². The number of nitrogens with one attached hydrogen (secondary N) is 1. The molecule has 0 amide bonds. The second kappa shape index (κ2) is 6.81. The molecule has 1 atom stereocenters. The molecule has 2 aromatic rings. The normalized spacial score (nSPS) is 13.2. The van der Waals surface area contributed by atoms with E-state index in [9.17, 15) is 13.2 Å². The predicted octanol–water partition coefficient (Wildman–Crippen LogP) is 4.46. The first-order chi connectivity index (χ1) is 9.55. The number of benzene rings is 2. The minimum Gasteiger partial charge on any atom is -0.248 e. The van der Waals surface area contributed by atoms with E-state index in [2.05, 4.69) is 4.72 Å². The fraction of sp³-hybridized carbons (Fsp3) is 0.200. The van der Waals surface area contributed by atoms with Crippen LogP contribution in [0.5, 0.6) is 0 Å². The van der Waals surface area contributed by atoms with Gasteiger partial charge in [0, 0.05) is 4.90 Å². The van der Waals surface area contributed by atoms with E-state index in [4.69, 9.17) is 0 Å².